The number of nitrogens with one attached hydrogen (secondary N) is 1. The molecule has 0 aromatic heterocycles. The highest BCUT2D eigenvalue weighted by Gasteiger charge is 2.35. The summed E-state index contributed by atoms with van der Waals surface area (Å²) >= 11 is 0. The lowest BCUT2D eigenvalue weighted by Gasteiger charge is -2.14. The summed E-state index contributed by atoms with van der Waals surface area (Å²) in [7, 11) is 0. The van der Waals surface area contributed by atoms with Crippen LogP contribution >= 0.6 is 0 Å². The van der Waals surface area contributed by atoms with Crippen molar-refractivity contribution in [3.63, 3.8) is 0 Å². The highest BCUT2D eigenvalue weighted by molar-refractivity contribution is 5.94. The van der Waals surface area contributed by atoms with Gasteiger partial charge in [-0.1, -0.05) is 13.0 Å². The van der Waals surface area contributed by atoms with E-state index in [1.54, 1.807) is 13.8 Å². The first kappa shape index (κ1) is 14.5. The maximum atomic E-state index is 13.6. The summed E-state index contributed by atoms with van der Waals surface area (Å²) in [6.07, 6.45) is -4.21. The van der Waals surface area contributed by atoms with E-state index in [1.165, 1.54) is 0 Å². The van der Waals surface area contributed by atoms with Crippen molar-refractivity contribution in [1.29, 1.82) is 0 Å². The molecule has 0 heterocycles. The van der Waals surface area contributed by atoms with Gasteiger partial charge in [-0.05, 0) is 25.5 Å². The smallest absolute Gasteiger partial charge is 0.350 e. The van der Waals surface area contributed by atoms with E-state index in [-0.39, 0.29) is 6.04 Å². The average Bonchev–Trinajstić information content (AvgIpc) is 2.27. The minimum Gasteiger partial charge on any atom is -0.350 e. The second kappa shape index (κ2) is 5.37. The lowest BCUT2D eigenvalue weighted by atomic mass is 10.1. The quantitative estimate of drug-likeness (QED) is 0.832. The minimum atomic E-state index is -4.81. The van der Waals surface area contributed by atoms with Gasteiger partial charge in [-0.3, -0.25) is 4.79 Å². The molecule has 0 bridgehead atoms. The van der Waals surface area contributed by atoms with Crippen LogP contribution in [-0.4, -0.2) is 11.9 Å². The lowest BCUT2D eigenvalue weighted by Crippen LogP contribution is -2.32. The summed E-state index contributed by atoms with van der Waals surface area (Å²) in [6, 6.07) is 2.42. The molecule has 0 fully saturated rings. The van der Waals surface area contributed by atoms with Gasteiger partial charge in [0.1, 0.15) is 5.82 Å². The number of alkyl halides is 3. The zero-order valence-corrected chi connectivity index (χ0v) is 9.94. The Bertz CT molecular complexity index is 442. The fourth-order valence-electron chi connectivity index (χ4n) is 1.33. The van der Waals surface area contributed by atoms with Crippen molar-refractivity contribution in [2.45, 2.75) is 32.5 Å². The first-order chi connectivity index (χ1) is 8.27. The fraction of sp³-hybridized carbons (Fsp3) is 0.417. The predicted molar refractivity (Wildman–Crippen MR) is 58.6 cm³/mol. The summed E-state index contributed by atoms with van der Waals surface area (Å²) < 4.78 is 50.9. The third-order valence-corrected chi connectivity index (χ3v) is 2.54. The van der Waals surface area contributed by atoms with Crippen LogP contribution in [0, 0.1) is 5.82 Å². The van der Waals surface area contributed by atoms with Gasteiger partial charge in [-0.15, -0.1) is 0 Å². The molecule has 1 aromatic carbocycles. The monoisotopic (exact) mass is 263 g/mol. The van der Waals surface area contributed by atoms with E-state index in [9.17, 15) is 22.4 Å². The van der Waals surface area contributed by atoms with E-state index in [0.717, 1.165) is 12.1 Å². The molecule has 2 nitrogen and oxygen atoms in total. The molecule has 0 aliphatic carbocycles. The number of hydrogen-bond acceptors (Lipinski definition) is 1. The predicted octanol–water partition coefficient (Wildman–Crippen LogP) is 3.37. The molecule has 1 amide bonds. The van der Waals surface area contributed by atoms with Crippen molar-refractivity contribution in [3.8, 4) is 0 Å². The molecule has 1 atom stereocenters. The van der Waals surface area contributed by atoms with Crippen molar-refractivity contribution in [2.24, 2.45) is 0 Å². The second-order valence-electron chi connectivity index (χ2n) is 3.95. The molecule has 0 spiro atoms. The Morgan fingerprint density at radius 2 is 2.00 bits per heavy atom. The van der Waals surface area contributed by atoms with Crippen LogP contribution < -0.4 is 5.32 Å². The molecule has 18 heavy (non-hydrogen) atoms. The average molecular weight is 263 g/mol. The molecule has 6 heteroatoms. The van der Waals surface area contributed by atoms with Gasteiger partial charge in [0.15, 0.2) is 0 Å². The topological polar surface area (TPSA) is 29.1 Å². The Kier molecular flexibility index (Phi) is 4.32. The number of hydrogen-bond donors (Lipinski definition) is 1. The molecule has 100 valence electrons. The zero-order chi connectivity index (χ0) is 13.9. The molecule has 0 radical (unpaired) electrons. The van der Waals surface area contributed by atoms with Crippen LogP contribution in [0.25, 0.3) is 0 Å². The number of halogens is 4. The molecule has 1 unspecified atom stereocenters. The van der Waals surface area contributed by atoms with Crippen LogP contribution in [0.15, 0.2) is 18.2 Å². The largest absolute Gasteiger partial charge is 0.419 e. The third kappa shape index (κ3) is 3.21. The Morgan fingerprint density at radius 3 is 2.50 bits per heavy atom. The summed E-state index contributed by atoms with van der Waals surface area (Å²) in [5, 5.41) is 2.42. The number of carbonyl (C=O) groups excluding carboxylic acids is 1. The molecule has 0 saturated heterocycles. The highest BCUT2D eigenvalue weighted by Crippen LogP contribution is 2.32. The number of amides is 1. The molecule has 0 aliphatic heterocycles. The normalized spacial score (nSPS) is 13.2. The molecule has 1 aromatic rings. The molecule has 0 aliphatic rings. The van der Waals surface area contributed by atoms with E-state index in [1.807, 2.05) is 0 Å². The molecular weight excluding hydrogens is 250 g/mol. The Balaban J connectivity index is 3.08. The second-order valence-corrected chi connectivity index (χ2v) is 3.95. The third-order valence-electron chi connectivity index (χ3n) is 2.54. The van der Waals surface area contributed by atoms with Gasteiger partial charge in [0.05, 0.1) is 11.1 Å². The molecule has 1 N–H and O–H groups in total. The van der Waals surface area contributed by atoms with Gasteiger partial charge >= 0.3 is 6.18 Å². The van der Waals surface area contributed by atoms with Crippen molar-refractivity contribution < 1.29 is 22.4 Å². The number of carbonyl (C=O) groups is 1. The van der Waals surface area contributed by atoms with Gasteiger partial charge < -0.3 is 5.32 Å². The zero-order valence-electron chi connectivity index (χ0n) is 9.94. The highest BCUT2D eigenvalue weighted by atomic mass is 19.4. The van der Waals surface area contributed by atoms with Gasteiger partial charge in [0.25, 0.3) is 5.91 Å². The number of benzene rings is 1. The van der Waals surface area contributed by atoms with Crippen LogP contribution in [0.3, 0.4) is 0 Å². The summed E-state index contributed by atoms with van der Waals surface area (Å²) in [6.45, 7) is 3.48. The van der Waals surface area contributed by atoms with Gasteiger partial charge in [-0.25, -0.2) is 4.39 Å². The summed E-state index contributed by atoms with van der Waals surface area (Å²) in [4.78, 5) is 11.6. The van der Waals surface area contributed by atoms with E-state index in [0.29, 0.717) is 12.5 Å². The maximum Gasteiger partial charge on any atom is 0.419 e. The van der Waals surface area contributed by atoms with Crippen LogP contribution in [0.5, 0.6) is 0 Å². The van der Waals surface area contributed by atoms with E-state index in [2.05, 4.69) is 5.32 Å². The Hall–Kier alpha value is -1.59. The molecular formula is C12H13F4NO. The van der Waals surface area contributed by atoms with Crippen molar-refractivity contribution >= 4 is 5.91 Å². The van der Waals surface area contributed by atoms with Crippen LogP contribution in [0.4, 0.5) is 17.6 Å². The van der Waals surface area contributed by atoms with E-state index in [4.69, 9.17) is 0 Å². The van der Waals surface area contributed by atoms with Gasteiger partial charge in [0.2, 0.25) is 0 Å². The number of rotatable bonds is 3. The van der Waals surface area contributed by atoms with Crippen molar-refractivity contribution in [3.05, 3.63) is 35.1 Å². The first-order valence-electron chi connectivity index (χ1n) is 5.44. The standard InChI is InChI=1S/C12H13F4NO/c1-3-7(2)17-11(18)8-5-4-6-9(10(8)13)12(14,15)16/h4-7H,3H2,1-2H3,(H,17,18). The first-order valence-corrected chi connectivity index (χ1v) is 5.44. The minimum absolute atomic E-state index is 0.230. The summed E-state index contributed by atoms with van der Waals surface area (Å²) in [5.41, 5.74) is -2.02. The maximum absolute atomic E-state index is 13.6. The van der Waals surface area contributed by atoms with Crippen LogP contribution in [0.1, 0.15) is 36.2 Å². The molecule has 1 rings (SSSR count). The Morgan fingerprint density at radius 1 is 1.39 bits per heavy atom. The van der Waals surface area contributed by atoms with Crippen LogP contribution in [0.2, 0.25) is 0 Å². The van der Waals surface area contributed by atoms with Crippen molar-refractivity contribution in [1.82, 2.24) is 5.32 Å². The summed E-state index contributed by atoms with van der Waals surface area (Å²) in [5.74, 6) is -2.38. The van der Waals surface area contributed by atoms with Crippen molar-refractivity contribution in [2.75, 3.05) is 0 Å². The van der Waals surface area contributed by atoms with E-state index < -0.39 is 29.0 Å². The lowest BCUT2D eigenvalue weighted by molar-refractivity contribution is -0.140. The van der Waals surface area contributed by atoms with Crippen LogP contribution in [-0.2, 0) is 6.18 Å². The Labute approximate surface area is 102 Å². The fourth-order valence-corrected chi connectivity index (χ4v) is 1.33. The van der Waals surface area contributed by atoms with Gasteiger partial charge in [-0.2, -0.15) is 13.2 Å². The molecule has 0 saturated carbocycles. The van der Waals surface area contributed by atoms with Gasteiger partial charge in [0, 0.05) is 6.04 Å². The van der Waals surface area contributed by atoms with E-state index >= 15 is 0 Å². The SMILES string of the molecule is CCC(C)NC(=O)c1cccc(C(F)(F)F)c1F.